The van der Waals surface area contributed by atoms with Crippen molar-refractivity contribution in [3.8, 4) is 5.69 Å². The van der Waals surface area contributed by atoms with Gasteiger partial charge in [-0.1, -0.05) is 145 Å². The number of fused-ring (bicyclic) bond motifs is 17. The molecule has 0 fully saturated rings. The molecule has 0 N–H and O–H groups in total. The van der Waals surface area contributed by atoms with Crippen molar-refractivity contribution in [1.29, 1.82) is 0 Å². The SMILES string of the molecule is O=P1(c2ccccc2)c2ccccc2C2(c3ccccc3Sc3cc(-n4c5ccccc5c5cc6c(cc54)sc4ccccc46)ccc32)c2cc3c(cc21)oc1ccccc13. The molecule has 2 aliphatic rings. The Morgan fingerprint density at radius 3 is 2.07 bits per heavy atom. The van der Waals surface area contributed by atoms with E-state index >= 15 is 4.57 Å². The van der Waals surface area contributed by atoms with Crippen molar-refractivity contribution in [2.45, 2.75) is 15.2 Å². The van der Waals surface area contributed by atoms with E-state index in [1.807, 2.05) is 65.6 Å². The monoisotopic (exact) mass is 833 g/mol. The number of aromatic nitrogens is 1. The van der Waals surface area contributed by atoms with Crippen molar-refractivity contribution in [3.63, 3.8) is 0 Å². The lowest BCUT2D eigenvalue weighted by atomic mass is 9.64. The summed E-state index contributed by atoms with van der Waals surface area (Å²) in [4.78, 5) is 2.37. The number of hydrogen-bond donors (Lipinski definition) is 0. The smallest absolute Gasteiger partial charge is 0.171 e. The second-order valence-electron chi connectivity index (χ2n) is 16.3. The Bertz CT molecular complexity index is 3910. The lowest BCUT2D eigenvalue weighted by Crippen LogP contribution is -2.48. The summed E-state index contributed by atoms with van der Waals surface area (Å²) in [5.41, 5.74) is 8.78. The molecule has 286 valence electrons. The molecule has 1 spiro atoms. The van der Waals surface area contributed by atoms with Crippen LogP contribution in [0.15, 0.2) is 208 Å². The summed E-state index contributed by atoms with van der Waals surface area (Å²) in [5.74, 6) is 0. The molecule has 2 unspecified atom stereocenters. The number of hydrogen-bond acceptors (Lipinski definition) is 4. The quantitative estimate of drug-likeness (QED) is 0.163. The number of nitrogens with zero attached hydrogens (tertiary/aromatic N) is 1. The highest BCUT2D eigenvalue weighted by atomic mass is 32.2. The van der Waals surface area contributed by atoms with Gasteiger partial charge in [0.25, 0.3) is 0 Å². The zero-order valence-electron chi connectivity index (χ0n) is 32.5. The van der Waals surface area contributed by atoms with Crippen LogP contribution in [0.4, 0.5) is 0 Å². The molecule has 3 aromatic heterocycles. The van der Waals surface area contributed by atoms with Crippen molar-refractivity contribution >= 4 is 110 Å². The van der Waals surface area contributed by atoms with Crippen LogP contribution in [0.5, 0.6) is 0 Å². The molecule has 0 radical (unpaired) electrons. The summed E-state index contributed by atoms with van der Waals surface area (Å²) < 4.78 is 28.2. The van der Waals surface area contributed by atoms with Crippen LogP contribution in [0.2, 0.25) is 0 Å². The van der Waals surface area contributed by atoms with Gasteiger partial charge in [0, 0.05) is 73.1 Å². The summed E-state index contributed by atoms with van der Waals surface area (Å²) in [6, 6.07) is 69.6. The lowest BCUT2D eigenvalue weighted by molar-refractivity contribution is 0.589. The van der Waals surface area contributed by atoms with Crippen molar-refractivity contribution in [1.82, 2.24) is 4.57 Å². The van der Waals surface area contributed by atoms with E-state index in [9.17, 15) is 0 Å². The number of rotatable bonds is 2. The minimum atomic E-state index is -3.42. The van der Waals surface area contributed by atoms with Crippen molar-refractivity contribution in [3.05, 3.63) is 216 Å². The fourth-order valence-corrected chi connectivity index (χ4v) is 16.3. The van der Waals surface area contributed by atoms with Crippen LogP contribution in [-0.4, -0.2) is 4.57 Å². The third kappa shape index (κ3) is 4.38. The lowest BCUT2D eigenvalue weighted by Gasteiger charge is -2.47. The first-order valence-electron chi connectivity index (χ1n) is 20.6. The Morgan fingerprint density at radius 2 is 1.16 bits per heavy atom. The maximum atomic E-state index is 16.5. The highest BCUT2D eigenvalue weighted by Crippen LogP contribution is 2.62. The van der Waals surface area contributed by atoms with Gasteiger partial charge in [0.05, 0.1) is 16.4 Å². The fourth-order valence-electron chi connectivity index (χ4n) is 10.8. The highest BCUT2D eigenvalue weighted by Gasteiger charge is 2.54. The molecule has 0 saturated carbocycles. The molecule has 6 heteroatoms. The predicted molar refractivity (Wildman–Crippen MR) is 256 cm³/mol. The third-order valence-electron chi connectivity index (χ3n) is 13.3. The average molecular weight is 834 g/mol. The summed E-state index contributed by atoms with van der Waals surface area (Å²) in [6.07, 6.45) is 0. The van der Waals surface area contributed by atoms with Crippen LogP contribution in [0, 0.1) is 0 Å². The van der Waals surface area contributed by atoms with Crippen LogP contribution >= 0.6 is 30.2 Å². The summed E-state index contributed by atoms with van der Waals surface area (Å²) in [7, 11) is -3.42. The zero-order valence-corrected chi connectivity index (χ0v) is 35.0. The normalized spacial score (nSPS) is 18.0. The van der Waals surface area contributed by atoms with Crippen molar-refractivity contribution in [2.75, 3.05) is 0 Å². The van der Waals surface area contributed by atoms with Gasteiger partial charge in [-0.15, -0.1) is 11.3 Å². The molecule has 9 aromatic carbocycles. The molecule has 5 heterocycles. The Kier molecular flexibility index (Phi) is 6.85. The standard InChI is InChI=1S/C55H32NO2PS2/c57-59(34-14-2-1-3-15-34)49-23-11-7-19-41(49)55(44-30-39-36-17-5-10-22-47(36)58-48(39)32-50(44)59)42-20-8-13-25-52(42)61-54-28-33(26-27-43(54)55)56-45-21-9-4-16-35(45)38-29-40-37-18-6-12-24-51(37)60-53(40)31-46(38)56/h1-32H. The van der Waals surface area contributed by atoms with Crippen molar-refractivity contribution in [2.24, 2.45) is 0 Å². The maximum Gasteiger partial charge on any atom is 0.171 e. The van der Waals surface area contributed by atoms with Gasteiger partial charge in [-0.25, -0.2) is 0 Å². The summed E-state index contributed by atoms with van der Waals surface area (Å²) in [6.45, 7) is 0. The fraction of sp³-hybridized carbons (Fsp3) is 0.0182. The van der Waals surface area contributed by atoms with Gasteiger partial charge >= 0.3 is 0 Å². The van der Waals surface area contributed by atoms with Crippen LogP contribution in [0.3, 0.4) is 0 Å². The Balaban J connectivity index is 1.10. The Morgan fingerprint density at radius 1 is 0.443 bits per heavy atom. The molecular formula is C55H32NO2PS2. The highest BCUT2D eigenvalue weighted by molar-refractivity contribution is 7.99. The number of benzene rings is 9. The van der Waals surface area contributed by atoms with E-state index in [1.165, 1.54) is 62.9 Å². The topological polar surface area (TPSA) is 35.1 Å². The van der Waals surface area contributed by atoms with Gasteiger partial charge in [-0.3, -0.25) is 0 Å². The first kappa shape index (κ1) is 34.1. The molecule has 12 aromatic rings. The molecule has 14 rings (SSSR count). The van der Waals surface area contributed by atoms with E-state index in [2.05, 4.69) is 156 Å². The third-order valence-corrected chi connectivity index (χ3v) is 18.7. The molecule has 0 aliphatic carbocycles. The number of thiophene rings is 1. The summed E-state index contributed by atoms with van der Waals surface area (Å²) >= 11 is 3.69. The molecule has 2 atom stereocenters. The Labute approximate surface area is 358 Å². The maximum absolute atomic E-state index is 16.5. The van der Waals surface area contributed by atoms with Crippen molar-refractivity contribution < 1.29 is 8.98 Å². The van der Waals surface area contributed by atoms with Gasteiger partial charge in [-0.05, 0) is 82.9 Å². The van der Waals surface area contributed by atoms with E-state index in [4.69, 9.17) is 4.42 Å². The van der Waals surface area contributed by atoms with Gasteiger partial charge in [0.2, 0.25) is 0 Å². The number of para-hydroxylation sites is 2. The van der Waals surface area contributed by atoms with E-state index in [0.717, 1.165) is 54.7 Å². The number of furan rings is 1. The molecular weight excluding hydrogens is 802 g/mol. The van der Waals surface area contributed by atoms with E-state index < -0.39 is 12.6 Å². The second-order valence-corrected chi connectivity index (χ2v) is 21.1. The van der Waals surface area contributed by atoms with Crippen LogP contribution in [0.25, 0.3) is 69.6 Å². The van der Waals surface area contributed by atoms with Crippen LogP contribution in [-0.2, 0) is 9.98 Å². The molecule has 0 amide bonds. The molecule has 0 saturated heterocycles. The Hall–Kier alpha value is -6.62. The van der Waals surface area contributed by atoms with Crippen LogP contribution < -0.4 is 15.9 Å². The minimum Gasteiger partial charge on any atom is -0.456 e. The van der Waals surface area contributed by atoms with E-state index in [0.29, 0.717) is 0 Å². The zero-order chi connectivity index (χ0) is 40.0. The minimum absolute atomic E-state index is 0.749. The molecule has 61 heavy (non-hydrogen) atoms. The first-order chi connectivity index (χ1) is 30.1. The molecule has 2 aliphatic heterocycles. The van der Waals surface area contributed by atoms with E-state index in [1.54, 1.807) is 0 Å². The second kappa shape index (κ2) is 12.2. The molecule has 0 bridgehead atoms. The van der Waals surface area contributed by atoms with Gasteiger partial charge < -0.3 is 13.5 Å². The van der Waals surface area contributed by atoms with Gasteiger partial charge in [0.15, 0.2) is 7.14 Å². The van der Waals surface area contributed by atoms with E-state index in [-0.39, 0.29) is 0 Å². The summed E-state index contributed by atoms with van der Waals surface area (Å²) in [5, 5.41) is 9.70. The largest absolute Gasteiger partial charge is 0.456 e. The molecule has 3 nitrogen and oxygen atoms in total. The van der Waals surface area contributed by atoms with Gasteiger partial charge in [-0.2, -0.15) is 0 Å². The first-order valence-corrected chi connectivity index (χ1v) is 23.9. The average Bonchev–Trinajstić information content (AvgIpc) is 3.98. The van der Waals surface area contributed by atoms with Crippen LogP contribution in [0.1, 0.15) is 22.3 Å². The predicted octanol–water partition coefficient (Wildman–Crippen LogP) is 13.9. The van der Waals surface area contributed by atoms with Gasteiger partial charge in [0.1, 0.15) is 11.2 Å².